The van der Waals surface area contributed by atoms with Gasteiger partial charge in [0.05, 0.1) is 11.1 Å². The molecule has 8 heteroatoms. The van der Waals surface area contributed by atoms with Gasteiger partial charge in [0.15, 0.2) is 0 Å². The van der Waals surface area contributed by atoms with Gasteiger partial charge in [-0.25, -0.2) is 0 Å². The zero-order valence-corrected chi connectivity index (χ0v) is 14.5. The number of imide groups is 2. The Kier molecular flexibility index (Phi) is 4.06. The molecule has 8 nitrogen and oxygen atoms in total. The lowest BCUT2D eigenvalue weighted by Crippen LogP contribution is -2.66. The zero-order chi connectivity index (χ0) is 19.2. The van der Waals surface area contributed by atoms with Crippen LogP contribution in [0.15, 0.2) is 18.2 Å². The molecule has 1 aromatic rings. The Balaban J connectivity index is 1.61. The lowest BCUT2D eigenvalue weighted by atomic mass is 9.92. The number of carbonyl (C=O) groups excluding carboxylic acids is 4. The standard InChI is InChI=1S/C19H18N4O4/c1-2-19(9-20-10-19)21-8-11-4-3-5-12-15(11)18(27)23(17(12)26)13-6-7-14(24)22-16(13)25/h1,3-5,13,20-21H,6-10H2,(H,22,24,25). The number of piperidine rings is 1. The summed E-state index contributed by atoms with van der Waals surface area (Å²) < 4.78 is 0. The second-order valence-electron chi connectivity index (χ2n) is 6.97. The van der Waals surface area contributed by atoms with Gasteiger partial charge in [-0.3, -0.25) is 34.7 Å². The third-order valence-electron chi connectivity index (χ3n) is 5.30. The number of nitrogens with zero attached hydrogens (tertiary/aromatic N) is 1. The summed E-state index contributed by atoms with van der Waals surface area (Å²) >= 11 is 0. The van der Waals surface area contributed by atoms with Crippen molar-refractivity contribution in [3.63, 3.8) is 0 Å². The molecular formula is C19H18N4O4. The molecule has 3 N–H and O–H groups in total. The van der Waals surface area contributed by atoms with Crippen LogP contribution in [0.1, 0.15) is 39.1 Å². The van der Waals surface area contributed by atoms with Gasteiger partial charge in [-0.15, -0.1) is 6.42 Å². The van der Waals surface area contributed by atoms with Crippen molar-refractivity contribution < 1.29 is 19.2 Å². The highest BCUT2D eigenvalue weighted by Gasteiger charge is 2.45. The molecule has 3 aliphatic heterocycles. The second-order valence-corrected chi connectivity index (χ2v) is 6.97. The van der Waals surface area contributed by atoms with Crippen LogP contribution >= 0.6 is 0 Å². The van der Waals surface area contributed by atoms with Gasteiger partial charge in [0.25, 0.3) is 11.8 Å². The molecular weight excluding hydrogens is 348 g/mol. The summed E-state index contributed by atoms with van der Waals surface area (Å²) in [5.74, 6) is 0.686. The van der Waals surface area contributed by atoms with E-state index in [9.17, 15) is 19.2 Å². The van der Waals surface area contributed by atoms with Crippen LogP contribution in [-0.4, -0.2) is 53.2 Å². The molecule has 138 valence electrons. The van der Waals surface area contributed by atoms with Gasteiger partial charge in [0.2, 0.25) is 11.8 Å². The Labute approximate surface area is 155 Å². The van der Waals surface area contributed by atoms with Crippen molar-refractivity contribution in [3.8, 4) is 12.3 Å². The summed E-state index contributed by atoms with van der Waals surface area (Å²) in [4.78, 5) is 50.3. The first-order valence-electron chi connectivity index (χ1n) is 8.73. The van der Waals surface area contributed by atoms with Crippen LogP contribution in [-0.2, 0) is 16.1 Å². The van der Waals surface area contributed by atoms with Crippen LogP contribution in [0, 0.1) is 12.3 Å². The molecule has 0 bridgehead atoms. The van der Waals surface area contributed by atoms with Gasteiger partial charge in [-0.1, -0.05) is 18.1 Å². The maximum atomic E-state index is 13.0. The Bertz CT molecular complexity index is 913. The molecule has 4 amide bonds. The monoisotopic (exact) mass is 366 g/mol. The highest BCUT2D eigenvalue weighted by Crippen LogP contribution is 2.30. The van der Waals surface area contributed by atoms with Crippen LogP contribution in [0.4, 0.5) is 0 Å². The number of fused-ring (bicyclic) bond motifs is 1. The van der Waals surface area contributed by atoms with Crippen LogP contribution < -0.4 is 16.0 Å². The molecule has 0 radical (unpaired) electrons. The lowest BCUT2D eigenvalue weighted by Gasteiger charge is -2.39. The van der Waals surface area contributed by atoms with E-state index in [2.05, 4.69) is 21.9 Å². The van der Waals surface area contributed by atoms with Crippen molar-refractivity contribution in [2.45, 2.75) is 31.0 Å². The molecule has 1 unspecified atom stereocenters. The third-order valence-corrected chi connectivity index (χ3v) is 5.30. The largest absolute Gasteiger partial charge is 0.311 e. The summed E-state index contributed by atoms with van der Waals surface area (Å²) in [6.07, 6.45) is 5.82. The molecule has 2 saturated heterocycles. The fourth-order valence-corrected chi connectivity index (χ4v) is 3.65. The number of terminal acetylenes is 1. The van der Waals surface area contributed by atoms with Gasteiger partial charge in [0, 0.05) is 26.1 Å². The van der Waals surface area contributed by atoms with Crippen LogP contribution in [0.5, 0.6) is 0 Å². The van der Waals surface area contributed by atoms with E-state index in [0.29, 0.717) is 30.8 Å². The Morgan fingerprint density at radius 3 is 2.63 bits per heavy atom. The maximum absolute atomic E-state index is 13.0. The topological polar surface area (TPSA) is 108 Å². The van der Waals surface area contributed by atoms with Crippen molar-refractivity contribution >= 4 is 23.6 Å². The molecule has 0 aliphatic carbocycles. The smallest absolute Gasteiger partial charge is 0.262 e. The quantitative estimate of drug-likeness (QED) is 0.473. The van der Waals surface area contributed by atoms with Crippen LogP contribution in [0.25, 0.3) is 0 Å². The highest BCUT2D eigenvalue weighted by atomic mass is 16.2. The van der Waals surface area contributed by atoms with E-state index in [1.165, 1.54) is 0 Å². The number of amides is 4. The van der Waals surface area contributed by atoms with Gasteiger partial charge in [0.1, 0.15) is 11.6 Å². The summed E-state index contributed by atoms with van der Waals surface area (Å²) in [6.45, 7) is 1.60. The molecule has 2 fully saturated rings. The maximum Gasteiger partial charge on any atom is 0.262 e. The molecule has 1 atom stereocenters. The first kappa shape index (κ1) is 17.4. The number of nitrogens with one attached hydrogen (secondary N) is 3. The van der Waals surface area contributed by atoms with Crippen molar-refractivity contribution in [1.82, 2.24) is 20.9 Å². The highest BCUT2D eigenvalue weighted by molar-refractivity contribution is 6.24. The van der Waals surface area contributed by atoms with Gasteiger partial charge in [-0.05, 0) is 18.1 Å². The number of rotatable bonds is 4. The van der Waals surface area contributed by atoms with Crippen LogP contribution in [0.2, 0.25) is 0 Å². The van der Waals surface area contributed by atoms with E-state index >= 15 is 0 Å². The minimum atomic E-state index is -0.969. The number of benzene rings is 1. The fourth-order valence-electron chi connectivity index (χ4n) is 3.65. The molecule has 3 heterocycles. The van der Waals surface area contributed by atoms with Gasteiger partial charge >= 0.3 is 0 Å². The predicted molar refractivity (Wildman–Crippen MR) is 94.4 cm³/mol. The minimum absolute atomic E-state index is 0.0932. The van der Waals surface area contributed by atoms with E-state index in [1.807, 2.05) is 0 Å². The second kappa shape index (κ2) is 6.30. The summed E-state index contributed by atoms with van der Waals surface area (Å²) in [7, 11) is 0. The van der Waals surface area contributed by atoms with E-state index < -0.39 is 35.2 Å². The molecule has 0 saturated carbocycles. The van der Waals surface area contributed by atoms with Gasteiger partial charge < -0.3 is 5.32 Å². The molecule has 3 aliphatic rings. The van der Waals surface area contributed by atoms with E-state index in [1.54, 1.807) is 18.2 Å². The Hall–Kier alpha value is -3.02. The van der Waals surface area contributed by atoms with Crippen molar-refractivity contribution in [1.29, 1.82) is 0 Å². The fraction of sp³-hybridized carbons (Fsp3) is 0.368. The number of carbonyl (C=O) groups is 4. The predicted octanol–water partition coefficient (Wildman–Crippen LogP) is -0.847. The van der Waals surface area contributed by atoms with E-state index in [-0.39, 0.29) is 18.4 Å². The first-order valence-corrected chi connectivity index (χ1v) is 8.73. The molecule has 0 spiro atoms. The SMILES string of the molecule is C#CC1(NCc2cccc3c2C(=O)N(C2CCC(=O)NC2=O)C3=O)CNC1. The van der Waals surface area contributed by atoms with Crippen LogP contribution in [0.3, 0.4) is 0 Å². The van der Waals surface area contributed by atoms with Gasteiger partial charge in [-0.2, -0.15) is 0 Å². The summed E-state index contributed by atoms with van der Waals surface area (Å²) in [6, 6.07) is 4.08. The lowest BCUT2D eigenvalue weighted by molar-refractivity contribution is -0.136. The van der Waals surface area contributed by atoms with Crippen molar-refractivity contribution in [2.24, 2.45) is 0 Å². The average molecular weight is 366 g/mol. The summed E-state index contributed by atoms with van der Waals surface area (Å²) in [5.41, 5.74) is 0.754. The summed E-state index contributed by atoms with van der Waals surface area (Å²) in [5, 5.41) is 8.57. The van der Waals surface area contributed by atoms with E-state index in [0.717, 1.165) is 4.90 Å². The zero-order valence-electron chi connectivity index (χ0n) is 14.5. The average Bonchev–Trinajstić information content (AvgIpc) is 2.87. The Morgan fingerprint density at radius 1 is 1.22 bits per heavy atom. The molecule has 27 heavy (non-hydrogen) atoms. The normalized spacial score (nSPS) is 23.5. The first-order chi connectivity index (χ1) is 13.0. The molecule has 4 rings (SSSR count). The van der Waals surface area contributed by atoms with Crippen molar-refractivity contribution in [2.75, 3.05) is 13.1 Å². The van der Waals surface area contributed by atoms with Crippen molar-refractivity contribution in [3.05, 3.63) is 34.9 Å². The third kappa shape index (κ3) is 2.72. The minimum Gasteiger partial charge on any atom is -0.311 e. The Morgan fingerprint density at radius 2 is 2.00 bits per heavy atom. The molecule has 0 aromatic heterocycles. The number of hydrogen-bond donors (Lipinski definition) is 3. The van der Waals surface area contributed by atoms with E-state index in [4.69, 9.17) is 6.42 Å². The number of hydrogen-bond acceptors (Lipinski definition) is 6. The molecule has 1 aromatic carbocycles.